The van der Waals surface area contributed by atoms with Crippen molar-refractivity contribution < 1.29 is 4.74 Å². The Labute approximate surface area is 352 Å². The highest BCUT2D eigenvalue weighted by molar-refractivity contribution is 6.12. The molecule has 0 radical (unpaired) electrons. The zero-order chi connectivity index (χ0) is 40.1. The Morgan fingerprint density at radius 3 is 1.70 bits per heavy atom. The number of aromatic nitrogens is 3. The Bertz CT molecular complexity index is 3470. The predicted octanol–water partition coefficient (Wildman–Crippen LogP) is 14.2. The standard InChI is InChI=1S/C57H35N3O/c1-3-17-36(18-4-1)49-34-50(59-56(58-49)37-19-5-2-6-20-37)41-31-32-52(42-24-8-7-21-38(41)42)60-51-29-15-11-25-43(51)44-33-48-55(35-53(44)60)61-54-30-16-14-28-47(54)57(48)45-26-12-9-22-39(45)40-23-10-13-27-46(40)57/h1-35H. The second-order valence-electron chi connectivity index (χ2n) is 16.0. The molecule has 1 spiro atoms. The van der Waals surface area contributed by atoms with Crippen LogP contribution in [0.1, 0.15) is 22.3 Å². The van der Waals surface area contributed by atoms with Crippen LogP contribution in [0.4, 0.5) is 0 Å². The van der Waals surface area contributed by atoms with Crippen LogP contribution in [0.15, 0.2) is 212 Å². The molecule has 0 fully saturated rings. The van der Waals surface area contributed by atoms with Crippen LogP contribution in [0.3, 0.4) is 0 Å². The van der Waals surface area contributed by atoms with E-state index >= 15 is 0 Å². The molecule has 0 saturated heterocycles. The van der Waals surface area contributed by atoms with Crippen LogP contribution in [-0.2, 0) is 5.41 Å². The van der Waals surface area contributed by atoms with Crippen molar-refractivity contribution in [2.24, 2.45) is 0 Å². The van der Waals surface area contributed by atoms with Crippen LogP contribution >= 0.6 is 0 Å². The maximum absolute atomic E-state index is 7.02. The number of para-hydroxylation sites is 2. The third kappa shape index (κ3) is 4.82. The third-order valence-corrected chi connectivity index (χ3v) is 12.9. The summed E-state index contributed by atoms with van der Waals surface area (Å²) in [5.41, 5.74) is 15.0. The lowest BCUT2D eigenvalue weighted by atomic mass is 9.66. The Hall–Kier alpha value is -8.08. The van der Waals surface area contributed by atoms with E-state index in [-0.39, 0.29) is 0 Å². The highest BCUT2D eigenvalue weighted by Crippen LogP contribution is 2.62. The monoisotopic (exact) mass is 777 g/mol. The van der Waals surface area contributed by atoms with Gasteiger partial charge in [0.05, 0.1) is 33.5 Å². The predicted molar refractivity (Wildman–Crippen MR) is 248 cm³/mol. The number of hydrogen-bond acceptors (Lipinski definition) is 3. The van der Waals surface area contributed by atoms with Crippen LogP contribution in [0.5, 0.6) is 11.5 Å². The van der Waals surface area contributed by atoms with E-state index in [0.29, 0.717) is 5.82 Å². The first-order chi connectivity index (χ1) is 30.3. The molecule has 4 heteroatoms. The van der Waals surface area contributed by atoms with Crippen molar-refractivity contribution in [2.45, 2.75) is 5.41 Å². The summed E-state index contributed by atoms with van der Waals surface area (Å²) < 4.78 is 9.45. The Morgan fingerprint density at radius 2 is 0.951 bits per heavy atom. The SMILES string of the molecule is c1ccc(-c2cc(-c3ccc(-n4c5ccccc5c5cc6c(cc54)Oc4ccccc4C64c5ccccc5-c5ccccc54)c4ccccc34)nc(-c3ccccc3)n2)cc1. The minimum absolute atomic E-state index is 0.544. The molecule has 0 atom stereocenters. The minimum atomic E-state index is -0.544. The molecule has 9 aromatic carbocycles. The molecule has 1 aliphatic carbocycles. The maximum atomic E-state index is 7.02. The summed E-state index contributed by atoms with van der Waals surface area (Å²) >= 11 is 0. The summed E-state index contributed by atoms with van der Waals surface area (Å²) in [5, 5.41) is 4.62. The Kier molecular flexibility index (Phi) is 7.19. The van der Waals surface area contributed by atoms with E-state index < -0.39 is 5.41 Å². The van der Waals surface area contributed by atoms with Crippen molar-refractivity contribution in [1.82, 2.24) is 14.5 Å². The van der Waals surface area contributed by atoms with Gasteiger partial charge in [0.25, 0.3) is 0 Å². The molecule has 2 aromatic heterocycles. The van der Waals surface area contributed by atoms with Gasteiger partial charge >= 0.3 is 0 Å². The van der Waals surface area contributed by atoms with Gasteiger partial charge in [-0.2, -0.15) is 0 Å². The molecule has 13 rings (SSSR count). The number of benzene rings is 9. The Morgan fingerprint density at radius 1 is 0.361 bits per heavy atom. The molecule has 0 unspecified atom stereocenters. The molecular formula is C57H35N3O. The molecule has 3 heterocycles. The summed E-state index contributed by atoms with van der Waals surface area (Å²) in [6, 6.07) is 75.9. The topological polar surface area (TPSA) is 39.9 Å². The van der Waals surface area contributed by atoms with Gasteiger partial charge in [-0.05, 0) is 58.0 Å². The molecule has 4 nitrogen and oxygen atoms in total. The fraction of sp³-hybridized carbons (Fsp3) is 0.0175. The number of rotatable bonds is 4. The smallest absolute Gasteiger partial charge is 0.160 e. The molecule has 11 aromatic rings. The summed E-state index contributed by atoms with van der Waals surface area (Å²) in [6.07, 6.45) is 0. The van der Waals surface area contributed by atoms with Gasteiger partial charge in [-0.25, -0.2) is 9.97 Å². The number of hydrogen-bond donors (Lipinski definition) is 0. The van der Waals surface area contributed by atoms with Crippen LogP contribution in [0.25, 0.3) is 83.3 Å². The van der Waals surface area contributed by atoms with E-state index in [1.54, 1.807) is 0 Å². The van der Waals surface area contributed by atoms with Gasteiger partial charge in [0, 0.05) is 50.0 Å². The van der Waals surface area contributed by atoms with Gasteiger partial charge in [0.15, 0.2) is 5.82 Å². The van der Waals surface area contributed by atoms with Gasteiger partial charge in [-0.15, -0.1) is 0 Å². The fourth-order valence-electron chi connectivity index (χ4n) is 10.3. The number of ether oxygens (including phenoxy) is 1. The summed E-state index contributed by atoms with van der Waals surface area (Å²) in [5.74, 6) is 2.45. The summed E-state index contributed by atoms with van der Waals surface area (Å²) in [7, 11) is 0. The van der Waals surface area contributed by atoms with Crippen molar-refractivity contribution in [3.05, 3.63) is 235 Å². The average molecular weight is 778 g/mol. The van der Waals surface area contributed by atoms with E-state index in [9.17, 15) is 0 Å². The zero-order valence-electron chi connectivity index (χ0n) is 33.0. The fourth-order valence-corrected chi connectivity index (χ4v) is 10.3. The second-order valence-corrected chi connectivity index (χ2v) is 16.0. The first-order valence-corrected chi connectivity index (χ1v) is 20.8. The molecule has 2 aliphatic rings. The van der Waals surface area contributed by atoms with Gasteiger partial charge in [0.2, 0.25) is 0 Å². The lowest BCUT2D eigenvalue weighted by molar-refractivity contribution is 0.437. The van der Waals surface area contributed by atoms with Gasteiger partial charge in [-0.1, -0.05) is 176 Å². The van der Waals surface area contributed by atoms with Crippen molar-refractivity contribution >= 4 is 32.6 Å². The van der Waals surface area contributed by atoms with E-state index in [0.717, 1.165) is 72.6 Å². The highest BCUT2D eigenvalue weighted by atomic mass is 16.5. The van der Waals surface area contributed by atoms with Crippen molar-refractivity contribution in [3.8, 4) is 62.2 Å². The lowest BCUT2D eigenvalue weighted by Crippen LogP contribution is -2.32. The number of fused-ring (bicyclic) bond motifs is 13. The van der Waals surface area contributed by atoms with Crippen LogP contribution in [0.2, 0.25) is 0 Å². The van der Waals surface area contributed by atoms with Crippen LogP contribution < -0.4 is 4.74 Å². The van der Waals surface area contributed by atoms with Crippen LogP contribution in [0, 0.1) is 0 Å². The second kappa shape index (κ2) is 13.0. The van der Waals surface area contributed by atoms with Gasteiger partial charge < -0.3 is 9.30 Å². The summed E-state index contributed by atoms with van der Waals surface area (Å²) in [4.78, 5) is 10.3. The van der Waals surface area contributed by atoms with Gasteiger partial charge in [0.1, 0.15) is 11.5 Å². The largest absolute Gasteiger partial charge is 0.457 e. The molecule has 0 saturated carbocycles. The molecule has 1 aliphatic heterocycles. The molecule has 0 amide bonds. The van der Waals surface area contributed by atoms with Crippen molar-refractivity contribution in [1.29, 1.82) is 0 Å². The molecule has 0 bridgehead atoms. The van der Waals surface area contributed by atoms with Gasteiger partial charge in [-0.3, -0.25) is 0 Å². The first kappa shape index (κ1) is 33.8. The van der Waals surface area contributed by atoms with E-state index in [1.807, 2.05) is 24.3 Å². The minimum Gasteiger partial charge on any atom is -0.457 e. The van der Waals surface area contributed by atoms with E-state index in [2.05, 4.69) is 193 Å². The van der Waals surface area contributed by atoms with E-state index in [1.165, 1.54) is 38.6 Å². The molecule has 284 valence electrons. The third-order valence-electron chi connectivity index (χ3n) is 12.9. The van der Waals surface area contributed by atoms with E-state index in [4.69, 9.17) is 14.7 Å². The summed E-state index contributed by atoms with van der Waals surface area (Å²) in [6.45, 7) is 0. The zero-order valence-corrected chi connectivity index (χ0v) is 33.0. The average Bonchev–Trinajstić information content (AvgIpc) is 3.81. The molecular weight excluding hydrogens is 743 g/mol. The molecule has 0 N–H and O–H groups in total. The van der Waals surface area contributed by atoms with Crippen molar-refractivity contribution in [2.75, 3.05) is 0 Å². The molecule has 61 heavy (non-hydrogen) atoms. The normalized spacial score (nSPS) is 13.2. The van der Waals surface area contributed by atoms with Crippen LogP contribution in [-0.4, -0.2) is 14.5 Å². The first-order valence-electron chi connectivity index (χ1n) is 20.8. The highest BCUT2D eigenvalue weighted by Gasteiger charge is 2.51. The quantitative estimate of drug-likeness (QED) is 0.179. The Balaban J connectivity index is 1.07. The number of nitrogens with zero attached hydrogens (tertiary/aromatic N) is 3. The van der Waals surface area contributed by atoms with Crippen molar-refractivity contribution in [3.63, 3.8) is 0 Å². The maximum Gasteiger partial charge on any atom is 0.160 e. The lowest BCUT2D eigenvalue weighted by Gasteiger charge is -2.39.